The number of thiazole rings is 1. The molecule has 96 valence electrons. The quantitative estimate of drug-likeness (QED) is 0.752. The number of carboxylic acids is 1. The molecule has 2 aromatic heterocycles. The summed E-state index contributed by atoms with van der Waals surface area (Å²) in [5.41, 5.74) is 0.946. The van der Waals surface area contributed by atoms with Crippen molar-refractivity contribution >= 4 is 17.3 Å². The van der Waals surface area contributed by atoms with Gasteiger partial charge in [0.15, 0.2) is 10.8 Å². The molecule has 0 fully saturated rings. The lowest BCUT2D eigenvalue weighted by Gasteiger charge is -2.00. The molecule has 0 amide bonds. The largest absolute Gasteiger partial charge is 0.481 e. The topological polar surface area (TPSA) is 75.4 Å². The highest BCUT2D eigenvalue weighted by Gasteiger charge is 2.06. The van der Waals surface area contributed by atoms with Gasteiger partial charge in [0.2, 0.25) is 0 Å². The fraction of sp³-hybridized carbons (Fsp3) is 0.333. The fourth-order valence-electron chi connectivity index (χ4n) is 1.48. The molecule has 0 atom stereocenters. The van der Waals surface area contributed by atoms with Crippen LogP contribution in [0, 0.1) is 0 Å². The Kier molecular flexibility index (Phi) is 4.49. The maximum atomic E-state index is 10.3. The molecule has 0 aromatic carbocycles. The third-order valence-corrected chi connectivity index (χ3v) is 3.24. The normalized spacial score (nSPS) is 10.7. The molecule has 18 heavy (non-hydrogen) atoms. The van der Waals surface area contributed by atoms with Gasteiger partial charge in [0.1, 0.15) is 0 Å². The van der Waals surface area contributed by atoms with Crippen LogP contribution in [0.1, 0.15) is 18.5 Å². The minimum absolute atomic E-state index is 0.196. The average Bonchev–Trinajstić information content (AvgIpc) is 2.98. The van der Waals surface area contributed by atoms with Crippen molar-refractivity contribution in [2.75, 3.05) is 6.54 Å². The second-order valence-electron chi connectivity index (χ2n) is 3.80. The van der Waals surface area contributed by atoms with E-state index in [9.17, 15) is 4.79 Å². The van der Waals surface area contributed by atoms with Crippen molar-refractivity contribution in [2.24, 2.45) is 0 Å². The predicted molar refractivity (Wildman–Crippen MR) is 68.4 cm³/mol. The Labute approximate surface area is 108 Å². The zero-order valence-electron chi connectivity index (χ0n) is 9.76. The molecule has 2 N–H and O–H groups in total. The smallest absolute Gasteiger partial charge is 0.303 e. The summed E-state index contributed by atoms with van der Waals surface area (Å²) in [4.78, 5) is 14.7. The van der Waals surface area contributed by atoms with Crippen LogP contribution in [0.25, 0.3) is 10.8 Å². The Morgan fingerprint density at radius 3 is 3.17 bits per heavy atom. The van der Waals surface area contributed by atoms with Gasteiger partial charge in [-0.1, -0.05) is 0 Å². The number of hydrogen-bond donors (Lipinski definition) is 2. The van der Waals surface area contributed by atoms with E-state index in [1.807, 2.05) is 17.5 Å². The van der Waals surface area contributed by atoms with Gasteiger partial charge in [-0.05, 0) is 25.1 Å². The van der Waals surface area contributed by atoms with Crippen molar-refractivity contribution in [3.8, 4) is 10.8 Å². The van der Waals surface area contributed by atoms with E-state index < -0.39 is 5.97 Å². The third kappa shape index (κ3) is 3.68. The maximum Gasteiger partial charge on any atom is 0.303 e. The van der Waals surface area contributed by atoms with Gasteiger partial charge in [-0.3, -0.25) is 4.79 Å². The van der Waals surface area contributed by atoms with Gasteiger partial charge in [0.05, 0.1) is 12.0 Å². The molecule has 0 saturated heterocycles. The van der Waals surface area contributed by atoms with Crippen LogP contribution < -0.4 is 5.32 Å². The number of carbonyl (C=O) groups is 1. The van der Waals surface area contributed by atoms with E-state index in [0.717, 1.165) is 16.5 Å². The number of nitrogens with zero attached hydrogens (tertiary/aromatic N) is 1. The summed E-state index contributed by atoms with van der Waals surface area (Å²) in [6.45, 7) is 1.33. The Bertz CT molecular complexity index is 493. The predicted octanol–water partition coefficient (Wildman–Crippen LogP) is 2.36. The highest BCUT2D eigenvalue weighted by Crippen LogP contribution is 2.23. The van der Waals surface area contributed by atoms with Crippen molar-refractivity contribution < 1.29 is 14.3 Å². The first-order valence-corrected chi connectivity index (χ1v) is 6.54. The summed E-state index contributed by atoms with van der Waals surface area (Å²) < 4.78 is 5.26. The van der Waals surface area contributed by atoms with Gasteiger partial charge in [-0.25, -0.2) is 4.98 Å². The maximum absolute atomic E-state index is 10.3. The minimum atomic E-state index is -0.759. The van der Waals surface area contributed by atoms with E-state index in [2.05, 4.69) is 10.3 Å². The van der Waals surface area contributed by atoms with Crippen LogP contribution in [0.2, 0.25) is 0 Å². The SMILES string of the molecule is O=C(O)CCCNCc1csc(-c2ccco2)n1. The zero-order valence-corrected chi connectivity index (χ0v) is 10.6. The lowest BCUT2D eigenvalue weighted by Crippen LogP contribution is -2.15. The molecular weight excluding hydrogens is 252 g/mol. The van der Waals surface area contributed by atoms with Crippen molar-refractivity contribution in [1.29, 1.82) is 0 Å². The van der Waals surface area contributed by atoms with E-state index in [1.165, 1.54) is 11.3 Å². The van der Waals surface area contributed by atoms with Gasteiger partial charge >= 0.3 is 5.97 Å². The second-order valence-corrected chi connectivity index (χ2v) is 4.65. The first-order valence-electron chi connectivity index (χ1n) is 5.66. The molecule has 2 heterocycles. The first-order chi connectivity index (χ1) is 8.75. The van der Waals surface area contributed by atoms with Crippen LogP contribution in [0.5, 0.6) is 0 Å². The van der Waals surface area contributed by atoms with Crippen molar-refractivity contribution in [3.05, 3.63) is 29.5 Å². The summed E-state index contributed by atoms with van der Waals surface area (Å²) in [6.07, 6.45) is 2.45. The van der Waals surface area contributed by atoms with Crippen molar-refractivity contribution in [1.82, 2.24) is 10.3 Å². The Morgan fingerprint density at radius 1 is 1.56 bits per heavy atom. The van der Waals surface area contributed by atoms with Gasteiger partial charge in [0.25, 0.3) is 0 Å². The number of rotatable bonds is 7. The molecule has 2 aromatic rings. The Balaban J connectivity index is 1.76. The molecule has 2 rings (SSSR count). The van der Waals surface area contributed by atoms with E-state index in [1.54, 1.807) is 6.26 Å². The van der Waals surface area contributed by atoms with Crippen LogP contribution in [0.3, 0.4) is 0 Å². The van der Waals surface area contributed by atoms with Crippen LogP contribution in [0.15, 0.2) is 28.2 Å². The van der Waals surface area contributed by atoms with Crippen molar-refractivity contribution in [2.45, 2.75) is 19.4 Å². The lowest BCUT2D eigenvalue weighted by atomic mass is 10.3. The van der Waals surface area contributed by atoms with Gasteiger partial charge < -0.3 is 14.8 Å². The molecule has 0 radical (unpaired) electrons. The summed E-state index contributed by atoms with van der Waals surface area (Å²) >= 11 is 1.54. The van der Waals surface area contributed by atoms with Gasteiger partial charge in [-0.2, -0.15) is 0 Å². The van der Waals surface area contributed by atoms with Gasteiger partial charge in [-0.15, -0.1) is 11.3 Å². The highest BCUT2D eigenvalue weighted by atomic mass is 32.1. The van der Waals surface area contributed by atoms with E-state index in [-0.39, 0.29) is 6.42 Å². The fourth-order valence-corrected chi connectivity index (χ4v) is 2.27. The Hall–Kier alpha value is -1.66. The number of aliphatic carboxylic acids is 1. The minimum Gasteiger partial charge on any atom is -0.481 e. The summed E-state index contributed by atoms with van der Waals surface area (Å²) in [5.74, 6) is 0.0164. The van der Waals surface area contributed by atoms with E-state index in [0.29, 0.717) is 19.5 Å². The number of carboxylic acid groups (broad SMARTS) is 1. The van der Waals surface area contributed by atoms with E-state index in [4.69, 9.17) is 9.52 Å². The third-order valence-electron chi connectivity index (χ3n) is 2.33. The average molecular weight is 266 g/mol. The Morgan fingerprint density at radius 2 is 2.44 bits per heavy atom. The van der Waals surface area contributed by atoms with Crippen LogP contribution in [-0.4, -0.2) is 22.6 Å². The number of hydrogen-bond acceptors (Lipinski definition) is 5. The number of nitrogens with one attached hydrogen (secondary N) is 1. The summed E-state index contributed by atoms with van der Waals surface area (Å²) in [6, 6.07) is 3.71. The summed E-state index contributed by atoms with van der Waals surface area (Å²) in [7, 11) is 0. The number of aromatic nitrogens is 1. The van der Waals surface area contributed by atoms with Crippen LogP contribution in [0.4, 0.5) is 0 Å². The molecule has 6 heteroatoms. The van der Waals surface area contributed by atoms with E-state index >= 15 is 0 Å². The molecule has 0 bridgehead atoms. The first kappa shape index (κ1) is 12.8. The molecule has 0 spiro atoms. The van der Waals surface area contributed by atoms with Crippen molar-refractivity contribution in [3.63, 3.8) is 0 Å². The van der Waals surface area contributed by atoms with Gasteiger partial charge in [0, 0.05) is 18.3 Å². The molecule has 0 unspecified atom stereocenters. The van der Waals surface area contributed by atoms with Crippen LogP contribution >= 0.6 is 11.3 Å². The molecule has 0 saturated carbocycles. The second kappa shape index (κ2) is 6.32. The highest BCUT2D eigenvalue weighted by molar-refractivity contribution is 7.13. The molecule has 0 aliphatic carbocycles. The molecule has 5 nitrogen and oxygen atoms in total. The van der Waals surface area contributed by atoms with Crippen LogP contribution in [-0.2, 0) is 11.3 Å². The zero-order chi connectivity index (χ0) is 12.8. The lowest BCUT2D eigenvalue weighted by molar-refractivity contribution is -0.137. The molecule has 0 aliphatic heterocycles. The standard InChI is InChI=1S/C12H14N2O3S/c15-11(16)4-1-5-13-7-9-8-18-12(14-9)10-3-2-6-17-10/h2-3,6,8,13H,1,4-5,7H2,(H,15,16). The summed E-state index contributed by atoms with van der Waals surface area (Å²) in [5, 5.41) is 14.5. The molecular formula is C12H14N2O3S. The number of furan rings is 1. The molecule has 0 aliphatic rings. The monoisotopic (exact) mass is 266 g/mol.